The first kappa shape index (κ1) is 12.0. The van der Waals surface area contributed by atoms with E-state index in [1.165, 1.54) is 19.3 Å². The molecule has 1 amide bonds. The lowest BCUT2D eigenvalue weighted by Gasteiger charge is -2.37. The molecule has 0 radical (unpaired) electrons. The van der Waals surface area contributed by atoms with Gasteiger partial charge in [-0.25, -0.2) is 0 Å². The summed E-state index contributed by atoms with van der Waals surface area (Å²) in [5.41, 5.74) is 0.815. The molecule has 96 valence electrons. The monoisotopic (exact) mass is 309 g/mol. The lowest BCUT2D eigenvalue weighted by atomic mass is 9.68. The second-order valence-corrected chi connectivity index (χ2v) is 6.41. The molecule has 1 heterocycles. The van der Waals surface area contributed by atoms with E-state index in [2.05, 4.69) is 15.9 Å². The van der Waals surface area contributed by atoms with Gasteiger partial charge in [-0.1, -0.05) is 22.4 Å². The zero-order chi connectivity index (χ0) is 12.8. The molecular formula is C14H16BrNO2. The molecule has 1 aromatic rings. The summed E-state index contributed by atoms with van der Waals surface area (Å²) >= 11 is 3.28. The largest absolute Gasteiger partial charge is 0.507 e. The van der Waals surface area contributed by atoms with E-state index in [0.717, 1.165) is 24.0 Å². The van der Waals surface area contributed by atoms with E-state index in [0.29, 0.717) is 11.0 Å². The molecule has 1 spiro atoms. The van der Waals surface area contributed by atoms with Crippen molar-refractivity contribution in [1.29, 1.82) is 0 Å². The minimum Gasteiger partial charge on any atom is -0.507 e. The standard InChI is InChI=1S/C14H16BrNO2/c15-10-2-3-11(12(17)8-10)13(18)16-7-6-14(9-16)4-1-5-14/h2-3,8,17H,1,4-7,9H2. The van der Waals surface area contributed by atoms with Crippen LogP contribution in [0.5, 0.6) is 5.75 Å². The molecule has 1 saturated carbocycles. The summed E-state index contributed by atoms with van der Waals surface area (Å²) in [5.74, 6) is 0.0210. The van der Waals surface area contributed by atoms with Gasteiger partial charge in [0.1, 0.15) is 5.75 Å². The highest BCUT2D eigenvalue weighted by atomic mass is 79.9. The van der Waals surface area contributed by atoms with Gasteiger partial charge in [-0.3, -0.25) is 4.79 Å². The summed E-state index contributed by atoms with van der Waals surface area (Å²) in [4.78, 5) is 14.2. The maximum atomic E-state index is 12.4. The first-order valence-corrected chi connectivity index (χ1v) is 7.17. The molecule has 1 saturated heterocycles. The molecule has 1 aliphatic heterocycles. The van der Waals surface area contributed by atoms with Gasteiger partial charge in [-0.05, 0) is 42.9 Å². The number of halogens is 1. The summed E-state index contributed by atoms with van der Waals surface area (Å²) in [6, 6.07) is 5.05. The average molecular weight is 310 g/mol. The van der Waals surface area contributed by atoms with Crippen molar-refractivity contribution in [3.8, 4) is 5.75 Å². The van der Waals surface area contributed by atoms with Crippen LogP contribution >= 0.6 is 15.9 Å². The first-order valence-electron chi connectivity index (χ1n) is 6.38. The van der Waals surface area contributed by atoms with Crippen LogP contribution < -0.4 is 0 Å². The minimum atomic E-state index is -0.0382. The molecule has 3 rings (SSSR count). The topological polar surface area (TPSA) is 40.5 Å². The summed E-state index contributed by atoms with van der Waals surface area (Å²) < 4.78 is 0.786. The van der Waals surface area contributed by atoms with Crippen molar-refractivity contribution >= 4 is 21.8 Å². The van der Waals surface area contributed by atoms with E-state index in [1.54, 1.807) is 18.2 Å². The quantitative estimate of drug-likeness (QED) is 0.865. The zero-order valence-electron chi connectivity index (χ0n) is 10.2. The van der Waals surface area contributed by atoms with Gasteiger partial charge in [-0.2, -0.15) is 0 Å². The van der Waals surface area contributed by atoms with Gasteiger partial charge in [-0.15, -0.1) is 0 Å². The Bertz CT molecular complexity index is 497. The number of benzene rings is 1. The van der Waals surface area contributed by atoms with Gasteiger partial charge in [0.2, 0.25) is 0 Å². The van der Waals surface area contributed by atoms with Crippen molar-refractivity contribution in [2.45, 2.75) is 25.7 Å². The van der Waals surface area contributed by atoms with Crippen LogP contribution in [-0.4, -0.2) is 29.0 Å². The number of phenolic OH excluding ortho intramolecular Hbond substituents is 1. The predicted octanol–water partition coefficient (Wildman–Crippen LogP) is 3.17. The summed E-state index contributed by atoms with van der Waals surface area (Å²) in [5, 5.41) is 9.85. The number of rotatable bonds is 1. The average Bonchev–Trinajstić information content (AvgIpc) is 2.73. The number of carbonyl (C=O) groups excluding carboxylic acids is 1. The van der Waals surface area contributed by atoms with Crippen LogP contribution in [0.2, 0.25) is 0 Å². The van der Waals surface area contributed by atoms with E-state index < -0.39 is 0 Å². The highest BCUT2D eigenvalue weighted by Gasteiger charge is 2.44. The Morgan fingerprint density at radius 2 is 2.11 bits per heavy atom. The van der Waals surface area contributed by atoms with Gasteiger partial charge >= 0.3 is 0 Å². The Kier molecular flexibility index (Phi) is 2.85. The van der Waals surface area contributed by atoms with Gasteiger partial charge in [0.15, 0.2) is 0 Å². The Hall–Kier alpha value is -1.03. The highest BCUT2D eigenvalue weighted by Crippen LogP contribution is 2.48. The Morgan fingerprint density at radius 1 is 1.33 bits per heavy atom. The fraction of sp³-hybridized carbons (Fsp3) is 0.500. The smallest absolute Gasteiger partial charge is 0.257 e. The highest BCUT2D eigenvalue weighted by molar-refractivity contribution is 9.10. The van der Waals surface area contributed by atoms with Crippen molar-refractivity contribution in [2.24, 2.45) is 5.41 Å². The number of hydrogen-bond acceptors (Lipinski definition) is 2. The Labute approximate surface area is 115 Å². The molecule has 4 heteroatoms. The normalized spacial score (nSPS) is 21.1. The molecular weight excluding hydrogens is 294 g/mol. The van der Waals surface area contributed by atoms with Gasteiger partial charge in [0, 0.05) is 17.6 Å². The van der Waals surface area contributed by atoms with E-state index in [4.69, 9.17) is 0 Å². The molecule has 2 fully saturated rings. The van der Waals surface area contributed by atoms with Crippen molar-refractivity contribution < 1.29 is 9.90 Å². The first-order chi connectivity index (χ1) is 8.60. The lowest BCUT2D eigenvalue weighted by molar-refractivity contribution is 0.0729. The van der Waals surface area contributed by atoms with Crippen LogP contribution in [-0.2, 0) is 0 Å². The van der Waals surface area contributed by atoms with E-state index in [1.807, 2.05) is 4.90 Å². The molecule has 18 heavy (non-hydrogen) atoms. The maximum absolute atomic E-state index is 12.4. The number of amides is 1. The number of nitrogens with zero attached hydrogens (tertiary/aromatic N) is 1. The molecule has 1 aromatic carbocycles. The van der Waals surface area contributed by atoms with Crippen molar-refractivity contribution in [2.75, 3.05) is 13.1 Å². The van der Waals surface area contributed by atoms with Crippen molar-refractivity contribution in [1.82, 2.24) is 4.90 Å². The molecule has 0 bridgehead atoms. The summed E-state index contributed by atoms with van der Waals surface area (Å²) in [7, 11) is 0. The second-order valence-electron chi connectivity index (χ2n) is 5.49. The molecule has 1 N–H and O–H groups in total. The third-order valence-electron chi connectivity index (χ3n) is 4.33. The number of aromatic hydroxyl groups is 1. The fourth-order valence-corrected chi connectivity index (χ4v) is 3.40. The zero-order valence-corrected chi connectivity index (χ0v) is 11.7. The third kappa shape index (κ3) is 1.92. The molecule has 0 atom stereocenters. The van der Waals surface area contributed by atoms with Crippen LogP contribution in [0, 0.1) is 5.41 Å². The van der Waals surface area contributed by atoms with Crippen molar-refractivity contribution in [3.05, 3.63) is 28.2 Å². The predicted molar refractivity (Wildman–Crippen MR) is 72.6 cm³/mol. The van der Waals surface area contributed by atoms with E-state index in [-0.39, 0.29) is 11.7 Å². The van der Waals surface area contributed by atoms with Crippen LogP contribution in [0.1, 0.15) is 36.0 Å². The second kappa shape index (κ2) is 4.26. The van der Waals surface area contributed by atoms with Gasteiger partial charge in [0.05, 0.1) is 5.56 Å². The third-order valence-corrected chi connectivity index (χ3v) is 4.82. The maximum Gasteiger partial charge on any atom is 0.257 e. The number of likely N-dealkylation sites (tertiary alicyclic amines) is 1. The molecule has 0 aromatic heterocycles. The molecule has 3 nitrogen and oxygen atoms in total. The number of carbonyl (C=O) groups is 1. The molecule has 2 aliphatic rings. The van der Waals surface area contributed by atoms with Crippen LogP contribution in [0.25, 0.3) is 0 Å². The van der Waals surface area contributed by atoms with Gasteiger partial charge in [0.25, 0.3) is 5.91 Å². The van der Waals surface area contributed by atoms with Crippen LogP contribution in [0.3, 0.4) is 0 Å². The Morgan fingerprint density at radius 3 is 2.67 bits per heavy atom. The number of hydrogen-bond donors (Lipinski definition) is 1. The van der Waals surface area contributed by atoms with Crippen LogP contribution in [0.15, 0.2) is 22.7 Å². The lowest BCUT2D eigenvalue weighted by Crippen LogP contribution is -2.35. The minimum absolute atomic E-state index is 0.0382. The summed E-state index contributed by atoms with van der Waals surface area (Å²) in [6.07, 6.45) is 4.92. The van der Waals surface area contributed by atoms with Gasteiger partial charge < -0.3 is 10.0 Å². The van der Waals surface area contributed by atoms with Crippen molar-refractivity contribution in [3.63, 3.8) is 0 Å². The summed E-state index contributed by atoms with van der Waals surface area (Å²) in [6.45, 7) is 1.69. The molecule has 0 unspecified atom stereocenters. The van der Waals surface area contributed by atoms with Crippen LogP contribution in [0.4, 0.5) is 0 Å². The van der Waals surface area contributed by atoms with E-state index >= 15 is 0 Å². The fourth-order valence-electron chi connectivity index (χ4n) is 3.05. The SMILES string of the molecule is O=C(c1ccc(Br)cc1O)N1CCC2(CCC2)C1. The van der Waals surface area contributed by atoms with E-state index in [9.17, 15) is 9.90 Å². The Balaban J connectivity index is 1.78. The molecule has 1 aliphatic carbocycles. The number of phenols is 1.